The fraction of sp³-hybridized carbons (Fsp3) is 0.286. The Balaban J connectivity index is 1.87. The van der Waals surface area contributed by atoms with Crippen molar-refractivity contribution in [3.63, 3.8) is 0 Å². The quantitative estimate of drug-likeness (QED) is 0.482. The van der Waals surface area contributed by atoms with Gasteiger partial charge in [-0.2, -0.15) is 4.98 Å². The molecule has 0 unspecified atom stereocenters. The molecular weight excluding hydrogens is 418 g/mol. The van der Waals surface area contributed by atoms with Gasteiger partial charge in [0.25, 0.3) is 0 Å². The number of hydrogen-bond donors (Lipinski definition) is 3. The number of hydrogen-bond acceptors (Lipinski definition) is 6. The van der Waals surface area contributed by atoms with E-state index in [2.05, 4.69) is 53.6 Å². The van der Waals surface area contributed by atoms with Crippen LogP contribution < -0.4 is 10.6 Å². The van der Waals surface area contributed by atoms with Crippen LogP contribution in [0.1, 0.15) is 19.4 Å². The Kier molecular flexibility index (Phi) is 6.95. The maximum atomic E-state index is 9.64. The molecule has 1 atom stereocenters. The van der Waals surface area contributed by atoms with Gasteiger partial charge < -0.3 is 15.7 Å². The van der Waals surface area contributed by atoms with Gasteiger partial charge in [-0.05, 0) is 35.7 Å². The standard InChI is InChI=1S/C21H24BrN5O/c1-14(2)19(13-28)26-21-25-18(16-4-3-9-23-12-16)10-20(27-21)24-11-15-5-7-17(22)8-6-15/h3-10,12,14,19,28H,11,13H2,1-2H3,(H2,24,25,26,27)/t19-/m1/s1. The minimum atomic E-state index is -0.122. The van der Waals surface area contributed by atoms with E-state index >= 15 is 0 Å². The maximum Gasteiger partial charge on any atom is 0.225 e. The number of nitrogens with zero attached hydrogens (tertiary/aromatic N) is 3. The lowest BCUT2D eigenvalue weighted by molar-refractivity contribution is 0.248. The smallest absolute Gasteiger partial charge is 0.225 e. The molecule has 0 saturated heterocycles. The molecule has 1 aromatic carbocycles. The minimum Gasteiger partial charge on any atom is -0.394 e. The normalized spacial score (nSPS) is 12.0. The van der Waals surface area contributed by atoms with Crippen LogP contribution in [0.5, 0.6) is 0 Å². The molecule has 2 aromatic heterocycles. The van der Waals surface area contributed by atoms with Crippen molar-refractivity contribution in [2.75, 3.05) is 17.2 Å². The summed E-state index contributed by atoms with van der Waals surface area (Å²) in [7, 11) is 0. The van der Waals surface area contributed by atoms with E-state index in [-0.39, 0.29) is 18.6 Å². The number of halogens is 1. The fourth-order valence-corrected chi connectivity index (χ4v) is 2.91. The highest BCUT2D eigenvalue weighted by Gasteiger charge is 2.15. The van der Waals surface area contributed by atoms with Gasteiger partial charge in [-0.3, -0.25) is 4.98 Å². The first-order valence-corrected chi connectivity index (χ1v) is 9.99. The predicted octanol–water partition coefficient (Wildman–Crippen LogP) is 4.34. The van der Waals surface area contributed by atoms with E-state index in [0.717, 1.165) is 21.3 Å². The molecule has 3 aromatic rings. The lowest BCUT2D eigenvalue weighted by atomic mass is 10.1. The van der Waals surface area contributed by atoms with Crippen LogP contribution in [-0.4, -0.2) is 32.7 Å². The second-order valence-corrected chi connectivity index (χ2v) is 7.78. The van der Waals surface area contributed by atoms with Gasteiger partial charge >= 0.3 is 0 Å². The number of pyridine rings is 1. The van der Waals surface area contributed by atoms with Crippen molar-refractivity contribution in [1.82, 2.24) is 15.0 Å². The molecule has 0 bridgehead atoms. The van der Waals surface area contributed by atoms with Crippen molar-refractivity contribution in [2.24, 2.45) is 5.92 Å². The highest BCUT2D eigenvalue weighted by atomic mass is 79.9. The van der Waals surface area contributed by atoms with Gasteiger partial charge in [0, 0.05) is 35.0 Å². The molecule has 28 heavy (non-hydrogen) atoms. The van der Waals surface area contributed by atoms with E-state index in [9.17, 15) is 5.11 Å². The van der Waals surface area contributed by atoms with E-state index in [1.54, 1.807) is 12.4 Å². The summed E-state index contributed by atoms with van der Waals surface area (Å²) in [5.74, 6) is 1.43. The molecule has 0 aliphatic rings. The summed E-state index contributed by atoms with van der Waals surface area (Å²) in [4.78, 5) is 13.4. The van der Waals surface area contributed by atoms with Crippen LogP contribution in [0.25, 0.3) is 11.3 Å². The molecule has 7 heteroatoms. The number of aliphatic hydroxyl groups is 1. The summed E-state index contributed by atoms with van der Waals surface area (Å²) in [6.45, 7) is 4.75. The Morgan fingerprint density at radius 3 is 2.54 bits per heavy atom. The SMILES string of the molecule is CC(C)[C@@H](CO)Nc1nc(NCc2ccc(Br)cc2)cc(-c2cccnc2)n1. The average molecular weight is 442 g/mol. The summed E-state index contributed by atoms with van der Waals surface area (Å²) in [6, 6.07) is 13.8. The molecule has 146 valence electrons. The van der Waals surface area contributed by atoms with Crippen LogP contribution >= 0.6 is 15.9 Å². The number of rotatable bonds is 8. The molecule has 2 heterocycles. The van der Waals surface area contributed by atoms with Gasteiger partial charge in [0.05, 0.1) is 18.3 Å². The van der Waals surface area contributed by atoms with Gasteiger partial charge in [0.2, 0.25) is 5.95 Å². The Labute approximate surface area is 173 Å². The number of nitrogens with one attached hydrogen (secondary N) is 2. The molecular formula is C21H24BrN5O. The monoisotopic (exact) mass is 441 g/mol. The van der Waals surface area contributed by atoms with Gasteiger partial charge in [-0.1, -0.05) is 41.9 Å². The Morgan fingerprint density at radius 2 is 1.89 bits per heavy atom. The van der Waals surface area contributed by atoms with Crippen molar-refractivity contribution in [2.45, 2.75) is 26.4 Å². The van der Waals surface area contributed by atoms with Crippen LogP contribution in [0.4, 0.5) is 11.8 Å². The lowest BCUT2D eigenvalue weighted by Crippen LogP contribution is -2.30. The third-order valence-corrected chi connectivity index (χ3v) is 4.91. The minimum absolute atomic E-state index is 0.0137. The van der Waals surface area contributed by atoms with Gasteiger partial charge in [0.15, 0.2) is 0 Å². The third-order valence-electron chi connectivity index (χ3n) is 4.39. The number of anilines is 2. The van der Waals surface area contributed by atoms with Crippen LogP contribution in [0.15, 0.2) is 59.3 Å². The molecule has 0 aliphatic heterocycles. The molecule has 0 amide bonds. The van der Waals surface area contributed by atoms with E-state index in [1.807, 2.05) is 44.2 Å². The number of benzene rings is 1. The first-order valence-electron chi connectivity index (χ1n) is 9.20. The topological polar surface area (TPSA) is 83.0 Å². The van der Waals surface area contributed by atoms with Gasteiger partial charge in [0.1, 0.15) is 5.82 Å². The highest BCUT2D eigenvalue weighted by Crippen LogP contribution is 2.22. The maximum absolute atomic E-state index is 9.64. The Bertz CT molecular complexity index is 887. The van der Waals surface area contributed by atoms with Crippen molar-refractivity contribution in [1.29, 1.82) is 0 Å². The molecule has 0 fully saturated rings. The van der Waals surface area contributed by atoms with Crippen molar-refractivity contribution in [3.8, 4) is 11.3 Å². The molecule has 0 saturated carbocycles. The first kappa shape index (κ1) is 20.2. The summed E-state index contributed by atoms with van der Waals surface area (Å²) in [5, 5.41) is 16.2. The zero-order chi connectivity index (χ0) is 19.9. The van der Waals surface area contributed by atoms with Gasteiger partial charge in [-0.15, -0.1) is 0 Å². The summed E-state index contributed by atoms with van der Waals surface area (Å²) in [5.41, 5.74) is 2.82. The zero-order valence-electron chi connectivity index (χ0n) is 15.9. The van der Waals surface area contributed by atoms with E-state index in [1.165, 1.54) is 0 Å². The van der Waals surface area contributed by atoms with Crippen LogP contribution in [0, 0.1) is 5.92 Å². The van der Waals surface area contributed by atoms with Crippen molar-refractivity contribution >= 4 is 27.7 Å². The number of aliphatic hydroxyl groups excluding tert-OH is 1. The largest absolute Gasteiger partial charge is 0.394 e. The van der Waals surface area contributed by atoms with Crippen molar-refractivity contribution < 1.29 is 5.11 Å². The lowest BCUT2D eigenvalue weighted by Gasteiger charge is -2.20. The molecule has 0 aliphatic carbocycles. The summed E-state index contributed by atoms with van der Waals surface area (Å²) in [6.07, 6.45) is 3.51. The number of aromatic nitrogens is 3. The van der Waals surface area contributed by atoms with Crippen molar-refractivity contribution in [3.05, 3.63) is 64.9 Å². The second-order valence-electron chi connectivity index (χ2n) is 6.86. The molecule has 6 nitrogen and oxygen atoms in total. The van der Waals surface area contributed by atoms with E-state index in [4.69, 9.17) is 0 Å². The van der Waals surface area contributed by atoms with E-state index < -0.39 is 0 Å². The van der Waals surface area contributed by atoms with E-state index in [0.29, 0.717) is 18.3 Å². The van der Waals surface area contributed by atoms with Crippen LogP contribution in [0.3, 0.4) is 0 Å². The van der Waals surface area contributed by atoms with Crippen LogP contribution in [-0.2, 0) is 6.54 Å². The molecule has 3 N–H and O–H groups in total. The molecule has 3 rings (SSSR count). The predicted molar refractivity (Wildman–Crippen MR) is 116 cm³/mol. The first-order chi connectivity index (χ1) is 13.5. The van der Waals surface area contributed by atoms with Crippen LogP contribution in [0.2, 0.25) is 0 Å². The third kappa shape index (κ3) is 5.50. The zero-order valence-corrected chi connectivity index (χ0v) is 17.5. The Hall–Kier alpha value is -2.51. The average Bonchev–Trinajstić information content (AvgIpc) is 2.72. The Morgan fingerprint density at radius 1 is 1.11 bits per heavy atom. The second kappa shape index (κ2) is 9.61. The van der Waals surface area contributed by atoms with Gasteiger partial charge in [-0.25, -0.2) is 4.98 Å². The fourth-order valence-electron chi connectivity index (χ4n) is 2.65. The molecule has 0 radical (unpaired) electrons. The summed E-state index contributed by atoms with van der Waals surface area (Å²) >= 11 is 3.45. The highest BCUT2D eigenvalue weighted by molar-refractivity contribution is 9.10. The molecule has 0 spiro atoms. The summed E-state index contributed by atoms with van der Waals surface area (Å²) < 4.78 is 1.05.